The van der Waals surface area contributed by atoms with E-state index in [2.05, 4.69) is 48.8 Å². The summed E-state index contributed by atoms with van der Waals surface area (Å²) in [5.41, 5.74) is 11.8. The molecule has 2 N–H and O–H groups in total. The van der Waals surface area contributed by atoms with Gasteiger partial charge in [0.05, 0.1) is 11.2 Å². The number of aromatic nitrogens is 3. The number of nitrogen functional groups attached to an aromatic ring is 1. The molecule has 3 rings (SSSR count). The lowest BCUT2D eigenvalue weighted by molar-refractivity contribution is 0.782. The number of nitrogens with zero attached hydrogens (tertiary/aromatic N) is 3. The molecule has 0 aliphatic heterocycles. The van der Waals surface area contributed by atoms with Crippen LogP contribution in [0.15, 0.2) is 24.3 Å². The maximum Gasteiger partial charge on any atom is 0.121 e. The van der Waals surface area contributed by atoms with E-state index < -0.39 is 0 Å². The van der Waals surface area contributed by atoms with E-state index in [4.69, 9.17) is 5.73 Å². The van der Waals surface area contributed by atoms with Crippen molar-refractivity contribution in [1.29, 1.82) is 0 Å². The van der Waals surface area contributed by atoms with Gasteiger partial charge in [0.2, 0.25) is 0 Å². The van der Waals surface area contributed by atoms with E-state index in [0.29, 0.717) is 5.82 Å². The van der Waals surface area contributed by atoms with Crippen LogP contribution in [-0.4, -0.2) is 14.3 Å². The summed E-state index contributed by atoms with van der Waals surface area (Å²) in [5, 5.41) is 5.75. The van der Waals surface area contributed by atoms with Crippen molar-refractivity contribution in [2.45, 2.75) is 13.8 Å². The molecule has 4 heteroatoms. The molecule has 1 aromatic carbocycles. The van der Waals surface area contributed by atoms with Crippen LogP contribution < -0.4 is 5.73 Å². The fraction of sp³-hybridized carbons (Fsp3) is 0.267. The van der Waals surface area contributed by atoms with Crippen molar-refractivity contribution < 1.29 is 0 Å². The van der Waals surface area contributed by atoms with Crippen LogP contribution in [-0.2, 0) is 14.1 Å². The molecule has 0 amide bonds. The predicted octanol–water partition coefficient (Wildman–Crippen LogP) is 2.78. The second-order valence-corrected chi connectivity index (χ2v) is 5.07. The third-order valence-corrected chi connectivity index (χ3v) is 3.88. The summed E-state index contributed by atoms with van der Waals surface area (Å²) >= 11 is 0. The number of nitrogens with two attached hydrogens (primary N) is 1. The van der Waals surface area contributed by atoms with E-state index in [0.717, 1.165) is 5.69 Å². The van der Waals surface area contributed by atoms with Gasteiger partial charge in [0.15, 0.2) is 0 Å². The van der Waals surface area contributed by atoms with Crippen LogP contribution >= 0.6 is 0 Å². The zero-order chi connectivity index (χ0) is 13.7. The van der Waals surface area contributed by atoms with Gasteiger partial charge in [-0.05, 0) is 19.4 Å². The average molecular weight is 254 g/mol. The molecule has 0 fully saturated rings. The van der Waals surface area contributed by atoms with Gasteiger partial charge in [0.1, 0.15) is 5.82 Å². The van der Waals surface area contributed by atoms with Crippen molar-refractivity contribution in [2.24, 2.45) is 14.1 Å². The van der Waals surface area contributed by atoms with Crippen LogP contribution in [0.5, 0.6) is 0 Å². The summed E-state index contributed by atoms with van der Waals surface area (Å²) in [7, 11) is 3.96. The molecule has 0 saturated carbocycles. The van der Waals surface area contributed by atoms with Crippen LogP contribution in [0.3, 0.4) is 0 Å². The fourth-order valence-electron chi connectivity index (χ4n) is 2.76. The smallest absolute Gasteiger partial charge is 0.121 e. The van der Waals surface area contributed by atoms with Gasteiger partial charge in [0.25, 0.3) is 0 Å². The molecule has 4 nitrogen and oxygen atoms in total. The van der Waals surface area contributed by atoms with Gasteiger partial charge >= 0.3 is 0 Å². The minimum Gasteiger partial charge on any atom is -0.384 e. The lowest BCUT2D eigenvalue weighted by atomic mass is 10.1. The van der Waals surface area contributed by atoms with Gasteiger partial charge in [-0.1, -0.05) is 18.2 Å². The number of aryl methyl sites for hydroxylation is 3. The Hall–Kier alpha value is -2.23. The third kappa shape index (κ3) is 1.56. The Morgan fingerprint density at radius 2 is 1.89 bits per heavy atom. The number of para-hydroxylation sites is 1. The summed E-state index contributed by atoms with van der Waals surface area (Å²) in [6.07, 6.45) is 0. The van der Waals surface area contributed by atoms with Gasteiger partial charge in [-0.3, -0.25) is 4.68 Å². The summed E-state index contributed by atoms with van der Waals surface area (Å²) in [6, 6.07) is 8.31. The summed E-state index contributed by atoms with van der Waals surface area (Å²) in [6.45, 7) is 4.26. The van der Waals surface area contributed by atoms with Gasteiger partial charge in [0, 0.05) is 36.8 Å². The summed E-state index contributed by atoms with van der Waals surface area (Å²) < 4.78 is 3.94. The molecule has 0 aliphatic carbocycles. The molecule has 0 saturated heterocycles. The quantitative estimate of drug-likeness (QED) is 0.726. The van der Waals surface area contributed by atoms with E-state index in [-0.39, 0.29) is 0 Å². The van der Waals surface area contributed by atoms with Crippen molar-refractivity contribution >= 4 is 16.7 Å². The predicted molar refractivity (Wildman–Crippen MR) is 79.0 cm³/mol. The number of rotatable bonds is 1. The summed E-state index contributed by atoms with van der Waals surface area (Å²) in [4.78, 5) is 0. The van der Waals surface area contributed by atoms with Gasteiger partial charge in [-0.25, -0.2) is 0 Å². The largest absolute Gasteiger partial charge is 0.384 e. The molecule has 0 atom stereocenters. The van der Waals surface area contributed by atoms with Crippen LogP contribution in [0.4, 0.5) is 5.82 Å². The highest BCUT2D eigenvalue weighted by Crippen LogP contribution is 2.35. The molecule has 0 radical (unpaired) electrons. The number of benzene rings is 1. The van der Waals surface area contributed by atoms with Crippen molar-refractivity contribution in [3.05, 3.63) is 35.5 Å². The zero-order valence-corrected chi connectivity index (χ0v) is 11.7. The molecular formula is C15H18N4. The van der Waals surface area contributed by atoms with Crippen LogP contribution in [0, 0.1) is 13.8 Å². The van der Waals surface area contributed by atoms with Crippen LogP contribution in [0.2, 0.25) is 0 Å². The maximum absolute atomic E-state index is 5.90. The van der Waals surface area contributed by atoms with E-state index in [9.17, 15) is 0 Å². The first-order chi connectivity index (χ1) is 9.00. The monoisotopic (exact) mass is 254 g/mol. The molecule has 0 spiro atoms. The van der Waals surface area contributed by atoms with Crippen LogP contribution in [0.1, 0.15) is 11.3 Å². The Morgan fingerprint density at radius 1 is 1.16 bits per heavy atom. The first kappa shape index (κ1) is 11.8. The van der Waals surface area contributed by atoms with Crippen molar-refractivity contribution in [3.8, 4) is 11.3 Å². The Labute approximate surface area is 112 Å². The highest BCUT2D eigenvalue weighted by atomic mass is 15.3. The molecule has 19 heavy (non-hydrogen) atoms. The molecular weight excluding hydrogens is 236 g/mol. The van der Waals surface area contributed by atoms with E-state index >= 15 is 0 Å². The zero-order valence-electron chi connectivity index (χ0n) is 11.7. The SMILES string of the molecule is Cc1cccc2c(-c3cc(N)n(C)n3)c(C)n(C)c12. The minimum atomic E-state index is 0.680. The number of anilines is 1. The van der Waals surface area contributed by atoms with Gasteiger partial charge in [-0.2, -0.15) is 5.10 Å². The average Bonchev–Trinajstić information content (AvgIpc) is 2.80. The second kappa shape index (κ2) is 3.88. The number of hydrogen-bond acceptors (Lipinski definition) is 2. The molecule has 0 aliphatic rings. The molecule has 2 heterocycles. The van der Waals surface area contributed by atoms with Crippen LogP contribution in [0.25, 0.3) is 22.2 Å². The van der Waals surface area contributed by atoms with Crippen molar-refractivity contribution in [2.75, 3.05) is 5.73 Å². The Balaban J connectivity index is 2.41. The Morgan fingerprint density at radius 3 is 2.53 bits per heavy atom. The van der Waals surface area contributed by atoms with Crippen molar-refractivity contribution in [3.63, 3.8) is 0 Å². The third-order valence-electron chi connectivity index (χ3n) is 3.88. The minimum absolute atomic E-state index is 0.680. The lowest BCUT2D eigenvalue weighted by Crippen LogP contribution is -1.96. The fourth-order valence-corrected chi connectivity index (χ4v) is 2.76. The normalized spacial score (nSPS) is 11.4. The topological polar surface area (TPSA) is 48.8 Å². The Kier molecular flexibility index (Phi) is 2.42. The highest BCUT2D eigenvalue weighted by Gasteiger charge is 2.17. The van der Waals surface area contributed by atoms with Gasteiger partial charge < -0.3 is 10.3 Å². The van der Waals surface area contributed by atoms with E-state index in [1.807, 2.05) is 13.1 Å². The van der Waals surface area contributed by atoms with E-state index in [1.165, 1.54) is 27.7 Å². The second-order valence-electron chi connectivity index (χ2n) is 5.07. The molecule has 0 unspecified atom stereocenters. The van der Waals surface area contributed by atoms with Crippen molar-refractivity contribution in [1.82, 2.24) is 14.3 Å². The standard InChI is InChI=1S/C15H18N4/c1-9-6-5-7-11-14(10(2)18(3)15(9)11)12-8-13(16)19(4)17-12/h5-8H,16H2,1-4H3. The number of fused-ring (bicyclic) bond motifs is 1. The number of hydrogen-bond donors (Lipinski definition) is 1. The lowest BCUT2D eigenvalue weighted by Gasteiger charge is -2.01. The molecule has 98 valence electrons. The Bertz CT molecular complexity index is 758. The first-order valence-corrected chi connectivity index (χ1v) is 6.35. The molecule has 0 bridgehead atoms. The molecule has 2 aromatic heterocycles. The summed E-state index contributed by atoms with van der Waals surface area (Å²) in [5.74, 6) is 0.680. The maximum atomic E-state index is 5.90. The highest BCUT2D eigenvalue weighted by molar-refractivity contribution is 5.98. The molecule has 3 aromatic rings. The van der Waals surface area contributed by atoms with E-state index in [1.54, 1.807) is 4.68 Å². The first-order valence-electron chi connectivity index (χ1n) is 6.35. The van der Waals surface area contributed by atoms with Gasteiger partial charge in [-0.15, -0.1) is 0 Å².